The van der Waals surface area contributed by atoms with Crippen molar-refractivity contribution in [1.29, 1.82) is 0 Å². The highest BCUT2D eigenvalue weighted by molar-refractivity contribution is 6.19. The summed E-state index contributed by atoms with van der Waals surface area (Å²) in [7, 11) is 0. The highest BCUT2D eigenvalue weighted by Gasteiger charge is 2.15. The molecule has 0 aliphatic carbocycles. The fourth-order valence-electron chi connectivity index (χ4n) is 1.05. The van der Waals surface area contributed by atoms with E-state index in [4.69, 9.17) is 16.3 Å². The van der Waals surface area contributed by atoms with Crippen molar-refractivity contribution < 1.29 is 14.3 Å². The Hall–Kier alpha value is -0.970. The van der Waals surface area contributed by atoms with Crippen molar-refractivity contribution >= 4 is 23.6 Å². The quantitative estimate of drug-likeness (QED) is 0.576. The summed E-state index contributed by atoms with van der Waals surface area (Å²) in [5.41, 5.74) is -0.492. The summed E-state index contributed by atoms with van der Waals surface area (Å²) in [6.45, 7) is 8.16. The summed E-state index contributed by atoms with van der Waals surface area (Å²) in [5.74, 6) is 0.0508. The van der Waals surface area contributed by atoms with Gasteiger partial charge < -0.3 is 15.4 Å². The molecule has 1 atom stereocenters. The SMILES string of the molecule is CC(CCl)C(=O)NCCCNC(=O)OC(C)(C)C. The summed E-state index contributed by atoms with van der Waals surface area (Å²) >= 11 is 5.56. The molecule has 0 fully saturated rings. The monoisotopic (exact) mass is 278 g/mol. The average Bonchev–Trinajstić information content (AvgIpc) is 2.24. The Morgan fingerprint density at radius 3 is 2.28 bits per heavy atom. The first-order valence-corrected chi connectivity index (χ1v) is 6.60. The smallest absolute Gasteiger partial charge is 0.407 e. The zero-order valence-corrected chi connectivity index (χ0v) is 12.3. The van der Waals surface area contributed by atoms with Crippen LogP contribution in [-0.2, 0) is 9.53 Å². The van der Waals surface area contributed by atoms with Gasteiger partial charge >= 0.3 is 6.09 Å². The maximum Gasteiger partial charge on any atom is 0.407 e. The van der Waals surface area contributed by atoms with E-state index in [-0.39, 0.29) is 11.8 Å². The summed E-state index contributed by atoms with van der Waals surface area (Å²) in [6, 6.07) is 0. The van der Waals surface area contributed by atoms with E-state index in [2.05, 4.69) is 10.6 Å². The van der Waals surface area contributed by atoms with Gasteiger partial charge in [-0.2, -0.15) is 0 Å². The van der Waals surface area contributed by atoms with E-state index < -0.39 is 11.7 Å². The number of rotatable bonds is 6. The molecule has 0 aliphatic heterocycles. The highest BCUT2D eigenvalue weighted by atomic mass is 35.5. The van der Waals surface area contributed by atoms with E-state index in [0.717, 1.165) is 0 Å². The van der Waals surface area contributed by atoms with Gasteiger partial charge in [-0.15, -0.1) is 11.6 Å². The Balaban J connectivity index is 3.57. The van der Waals surface area contributed by atoms with Gasteiger partial charge in [0.05, 0.1) is 0 Å². The topological polar surface area (TPSA) is 67.4 Å². The van der Waals surface area contributed by atoms with Crippen molar-refractivity contribution in [3.05, 3.63) is 0 Å². The molecule has 0 bridgehead atoms. The van der Waals surface area contributed by atoms with Gasteiger partial charge in [0, 0.05) is 24.9 Å². The molecule has 2 N–H and O–H groups in total. The maximum absolute atomic E-state index is 11.4. The summed E-state index contributed by atoms with van der Waals surface area (Å²) < 4.78 is 5.07. The Kier molecular flexibility index (Phi) is 7.75. The Bertz CT molecular complexity index is 277. The molecule has 1 unspecified atom stereocenters. The number of ether oxygens (including phenoxy) is 1. The van der Waals surface area contributed by atoms with Crippen LogP contribution in [0.5, 0.6) is 0 Å². The number of nitrogens with one attached hydrogen (secondary N) is 2. The number of hydrogen-bond donors (Lipinski definition) is 2. The molecular weight excluding hydrogens is 256 g/mol. The van der Waals surface area contributed by atoms with Crippen molar-refractivity contribution in [3.63, 3.8) is 0 Å². The number of carbonyl (C=O) groups excluding carboxylic acids is 2. The largest absolute Gasteiger partial charge is 0.444 e. The third-order valence-corrected chi connectivity index (χ3v) is 2.46. The van der Waals surface area contributed by atoms with Crippen LogP contribution < -0.4 is 10.6 Å². The van der Waals surface area contributed by atoms with Gasteiger partial charge in [-0.25, -0.2) is 4.79 Å². The van der Waals surface area contributed by atoms with Crippen molar-refractivity contribution in [2.45, 2.75) is 39.7 Å². The molecule has 6 heteroatoms. The van der Waals surface area contributed by atoms with Crippen LogP contribution in [0.1, 0.15) is 34.1 Å². The van der Waals surface area contributed by atoms with E-state index in [1.807, 2.05) is 0 Å². The third-order valence-electron chi connectivity index (χ3n) is 2.00. The lowest BCUT2D eigenvalue weighted by Gasteiger charge is -2.19. The van der Waals surface area contributed by atoms with Crippen molar-refractivity contribution in [3.8, 4) is 0 Å². The number of hydrogen-bond acceptors (Lipinski definition) is 3. The van der Waals surface area contributed by atoms with Crippen LogP contribution >= 0.6 is 11.6 Å². The van der Waals surface area contributed by atoms with Crippen molar-refractivity contribution in [1.82, 2.24) is 10.6 Å². The maximum atomic E-state index is 11.4. The van der Waals surface area contributed by atoms with Gasteiger partial charge in [0.25, 0.3) is 0 Å². The molecule has 0 saturated carbocycles. The van der Waals surface area contributed by atoms with Gasteiger partial charge in [-0.05, 0) is 27.2 Å². The second-order valence-electron chi connectivity index (χ2n) is 5.13. The first-order valence-electron chi connectivity index (χ1n) is 6.07. The molecule has 0 aromatic heterocycles. The van der Waals surface area contributed by atoms with E-state index in [9.17, 15) is 9.59 Å². The van der Waals surface area contributed by atoms with Gasteiger partial charge in [-0.3, -0.25) is 4.79 Å². The lowest BCUT2D eigenvalue weighted by molar-refractivity contribution is -0.123. The summed E-state index contributed by atoms with van der Waals surface area (Å²) in [6.07, 6.45) is 0.211. The van der Waals surface area contributed by atoms with Gasteiger partial charge in [0.1, 0.15) is 5.60 Å². The zero-order chi connectivity index (χ0) is 14.2. The molecule has 18 heavy (non-hydrogen) atoms. The van der Waals surface area contributed by atoms with Crippen LogP contribution in [0, 0.1) is 5.92 Å². The van der Waals surface area contributed by atoms with Crippen LogP contribution in [0.4, 0.5) is 4.79 Å². The minimum atomic E-state index is -0.492. The molecule has 0 aliphatic rings. The first kappa shape index (κ1) is 17.0. The van der Waals surface area contributed by atoms with E-state index in [0.29, 0.717) is 25.4 Å². The van der Waals surface area contributed by atoms with Crippen molar-refractivity contribution in [2.75, 3.05) is 19.0 Å². The second-order valence-corrected chi connectivity index (χ2v) is 5.44. The predicted molar refractivity (Wildman–Crippen MR) is 71.7 cm³/mol. The highest BCUT2D eigenvalue weighted by Crippen LogP contribution is 2.06. The normalized spacial score (nSPS) is 12.7. The predicted octanol–water partition coefficient (Wildman–Crippen LogP) is 1.89. The molecule has 0 aromatic carbocycles. The lowest BCUT2D eigenvalue weighted by atomic mass is 10.2. The lowest BCUT2D eigenvalue weighted by Crippen LogP contribution is -2.35. The standard InChI is InChI=1S/C12H23ClN2O3/c1-9(8-13)10(16)14-6-5-7-15-11(17)18-12(2,3)4/h9H,5-8H2,1-4H3,(H,14,16)(H,15,17). The van der Waals surface area contributed by atoms with E-state index in [1.165, 1.54) is 0 Å². The van der Waals surface area contributed by atoms with Gasteiger partial charge in [-0.1, -0.05) is 6.92 Å². The number of carbonyl (C=O) groups is 2. The van der Waals surface area contributed by atoms with Crippen LogP contribution in [0.2, 0.25) is 0 Å². The third kappa shape index (κ3) is 9.10. The molecule has 0 heterocycles. The molecule has 0 aromatic rings. The number of alkyl carbamates (subject to hydrolysis) is 1. The number of amides is 2. The molecule has 0 radical (unpaired) electrons. The fourth-order valence-corrected chi connectivity index (χ4v) is 1.19. The van der Waals surface area contributed by atoms with Crippen molar-refractivity contribution in [2.24, 2.45) is 5.92 Å². The minimum Gasteiger partial charge on any atom is -0.444 e. The van der Waals surface area contributed by atoms with E-state index >= 15 is 0 Å². The summed E-state index contributed by atoms with van der Waals surface area (Å²) in [4.78, 5) is 22.6. The first-order chi connectivity index (χ1) is 8.26. The van der Waals surface area contributed by atoms with Crippen LogP contribution in [-0.4, -0.2) is 36.6 Å². The number of halogens is 1. The Morgan fingerprint density at radius 1 is 1.22 bits per heavy atom. The molecule has 2 amide bonds. The second kappa shape index (κ2) is 8.19. The van der Waals surface area contributed by atoms with Crippen LogP contribution in [0.3, 0.4) is 0 Å². The van der Waals surface area contributed by atoms with Gasteiger partial charge in [0.15, 0.2) is 0 Å². The molecular formula is C12H23ClN2O3. The molecule has 0 rings (SSSR count). The Labute approximate surface area is 114 Å². The number of alkyl halides is 1. The van der Waals surface area contributed by atoms with E-state index in [1.54, 1.807) is 27.7 Å². The van der Waals surface area contributed by atoms with Crippen LogP contribution in [0.15, 0.2) is 0 Å². The molecule has 106 valence electrons. The minimum absolute atomic E-state index is 0.0673. The molecule has 0 spiro atoms. The molecule has 5 nitrogen and oxygen atoms in total. The average molecular weight is 279 g/mol. The zero-order valence-electron chi connectivity index (χ0n) is 11.5. The Morgan fingerprint density at radius 2 is 1.78 bits per heavy atom. The fraction of sp³-hybridized carbons (Fsp3) is 0.833. The molecule has 0 saturated heterocycles. The van der Waals surface area contributed by atoms with Gasteiger partial charge in [0.2, 0.25) is 5.91 Å². The van der Waals surface area contributed by atoms with Crippen LogP contribution in [0.25, 0.3) is 0 Å². The summed E-state index contributed by atoms with van der Waals surface area (Å²) in [5, 5.41) is 5.36.